The molecule has 0 spiro atoms. The molecule has 2 N–H and O–H groups in total. The highest BCUT2D eigenvalue weighted by Gasteiger charge is 2.43. The van der Waals surface area contributed by atoms with Crippen LogP contribution in [-0.2, 0) is 0 Å². The first-order valence-electron chi connectivity index (χ1n) is 11.7. The van der Waals surface area contributed by atoms with Gasteiger partial charge in [0.1, 0.15) is 16.2 Å². The fraction of sp³-hybridized carbons (Fsp3) is 0.458. The largest absolute Gasteiger partial charge is 0.477 e. The predicted octanol–water partition coefficient (Wildman–Crippen LogP) is 2.61. The van der Waals surface area contributed by atoms with E-state index in [0.29, 0.717) is 28.0 Å². The average molecular weight is 464 g/mol. The zero-order valence-electron chi connectivity index (χ0n) is 18.1. The van der Waals surface area contributed by atoms with Crippen LogP contribution in [0.2, 0.25) is 0 Å². The summed E-state index contributed by atoms with van der Waals surface area (Å²) < 4.78 is 2.84. The summed E-state index contributed by atoms with van der Waals surface area (Å²) in [7, 11) is 0. The van der Waals surface area contributed by atoms with Crippen molar-refractivity contribution >= 4 is 44.4 Å². The molecule has 2 saturated heterocycles. The smallest absolute Gasteiger partial charge is 0.342 e. The van der Waals surface area contributed by atoms with Crippen molar-refractivity contribution < 1.29 is 9.90 Å². The first-order chi connectivity index (χ1) is 16.1. The minimum absolute atomic E-state index is 0.187. The standard InChI is InChI=1S/C24H25N5O3S/c30-20-16-7-25-24(28-11-14-9-27(8-13-5-6-13)10-15(14)12-28)26-21(16)29-17-3-1-2-4-18(17)33-22(29)19(20)23(31)32/h1-4,7,13-15,24,26H,5-6,8-12H2,(H,31,32). The van der Waals surface area contributed by atoms with Crippen LogP contribution in [-0.4, -0.2) is 70.5 Å². The van der Waals surface area contributed by atoms with Gasteiger partial charge >= 0.3 is 5.97 Å². The third-order valence-corrected chi connectivity index (χ3v) is 8.80. The van der Waals surface area contributed by atoms with E-state index in [4.69, 9.17) is 0 Å². The third kappa shape index (κ3) is 3.06. The summed E-state index contributed by atoms with van der Waals surface area (Å²) >= 11 is 1.34. The van der Waals surface area contributed by atoms with Gasteiger partial charge in [-0.1, -0.05) is 12.1 Å². The highest BCUT2D eigenvalue weighted by Crippen LogP contribution is 2.38. The van der Waals surface area contributed by atoms with Gasteiger partial charge in [-0.2, -0.15) is 0 Å². The normalized spacial score (nSPS) is 27.2. The molecule has 3 aromatic rings. The van der Waals surface area contributed by atoms with Gasteiger partial charge in [-0.05, 0) is 42.7 Å². The van der Waals surface area contributed by atoms with E-state index in [1.165, 1.54) is 43.8 Å². The zero-order chi connectivity index (χ0) is 22.3. The van der Waals surface area contributed by atoms with Gasteiger partial charge in [0.05, 0.1) is 15.8 Å². The molecule has 9 heteroatoms. The minimum Gasteiger partial charge on any atom is -0.477 e. The Morgan fingerprint density at radius 3 is 2.64 bits per heavy atom. The van der Waals surface area contributed by atoms with E-state index in [0.717, 1.165) is 29.2 Å². The number of anilines is 1. The Hall–Kier alpha value is -2.75. The Kier molecular flexibility index (Phi) is 4.25. The number of hydrogen-bond acceptors (Lipinski definition) is 7. The van der Waals surface area contributed by atoms with Gasteiger partial charge < -0.3 is 15.3 Å². The summed E-state index contributed by atoms with van der Waals surface area (Å²) in [4.78, 5) is 35.3. The number of hydrogen-bond donors (Lipinski definition) is 2. The topological polar surface area (TPSA) is 89.6 Å². The number of pyridine rings is 1. The summed E-state index contributed by atoms with van der Waals surface area (Å²) in [5.41, 5.74) is 0.549. The molecule has 5 heterocycles. The van der Waals surface area contributed by atoms with Crippen LogP contribution < -0.4 is 10.7 Å². The molecule has 1 aliphatic carbocycles. The maximum absolute atomic E-state index is 13.1. The molecule has 2 aromatic heterocycles. The van der Waals surface area contributed by atoms with Crippen molar-refractivity contribution in [2.75, 3.05) is 38.0 Å². The number of nitrogens with zero attached hydrogens (tertiary/aromatic N) is 4. The molecule has 3 atom stereocenters. The van der Waals surface area contributed by atoms with Crippen molar-refractivity contribution in [2.24, 2.45) is 22.7 Å². The Morgan fingerprint density at radius 2 is 1.91 bits per heavy atom. The number of rotatable bonds is 4. The number of likely N-dealkylation sites (tertiary alicyclic amines) is 2. The van der Waals surface area contributed by atoms with Crippen LogP contribution in [0.4, 0.5) is 5.82 Å². The highest BCUT2D eigenvalue weighted by atomic mass is 32.1. The van der Waals surface area contributed by atoms with E-state index >= 15 is 0 Å². The monoisotopic (exact) mass is 463 g/mol. The maximum atomic E-state index is 13.1. The summed E-state index contributed by atoms with van der Waals surface area (Å²) in [5, 5.41) is 13.3. The highest BCUT2D eigenvalue weighted by molar-refractivity contribution is 7.24. The first-order valence-corrected chi connectivity index (χ1v) is 12.5. The van der Waals surface area contributed by atoms with Crippen LogP contribution in [0.1, 0.15) is 28.8 Å². The van der Waals surface area contributed by atoms with Gasteiger partial charge in [-0.3, -0.25) is 19.1 Å². The summed E-state index contributed by atoms with van der Waals surface area (Å²) in [6, 6.07) is 7.78. The maximum Gasteiger partial charge on any atom is 0.342 e. The van der Waals surface area contributed by atoms with Crippen molar-refractivity contribution in [3.8, 4) is 0 Å². The van der Waals surface area contributed by atoms with Crippen LogP contribution >= 0.6 is 11.3 Å². The Morgan fingerprint density at radius 1 is 1.15 bits per heavy atom. The van der Waals surface area contributed by atoms with Crippen molar-refractivity contribution in [3.63, 3.8) is 0 Å². The number of fused-ring (bicyclic) bond motifs is 6. The molecule has 8 nitrogen and oxygen atoms in total. The lowest BCUT2D eigenvalue weighted by atomic mass is 10.0. The fourth-order valence-electron chi connectivity index (χ4n) is 5.91. The molecule has 1 aromatic carbocycles. The molecule has 0 radical (unpaired) electrons. The van der Waals surface area contributed by atoms with Gasteiger partial charge in [0.15, 0.2) is 6.29 Å². The molecule has 3 unspecified atom stereocenters. The van der Waals surface area contributed by atoms with Crippen LogP contribution in [0.3, 0.4) is 0 Å². The second-order valence-corrected chi connectivity index (χ2v) is 10.9. The zero-order valence-corrected chi connectivity index (χ0v) is 18.9. The van der Waals surface area contributed by atoms with E-state index in [1.54, 1.807) is 6.21 Å². The number of nitrogens with one attached hydrogen (secondary N) is 1. The second-order valence-electron chi connectivity index (χ2n) is 9.91. The van der Waals surface area contributed by atoms with E-state index in [2.05, 4.69) is 20.1 Å². The molecule has 0 bridgehead atoms. The van der Waals surface area contributed by atoms with E-state index < -0.39 is 11.4 Å². The molecular weight excluding hydrogens is 438 g/mol. The molecule has 3 aliphatic heterocycles. The van der Waals surface area contributed by atoms with Crippen LogP contribution in [0, 0.1) is 17.8 Å². The summed E-state index contributed by atoms with van der Waals surface area (Å²) in [6.45, 7) is 5.59. The SMILES string of the molecule is O=C(O)c1c(=O)c2c(n3c1sc1ccccc13)NC(N1CC3CN(CC4CC4)CC3C1)N=C2. The summed E-state index contributed by atoms with van der Waals surface area (Å²) in [5.74, 6) is 1.70. The fourth-order valence-corrected chi connectivity index (χ4v) is 7.10. The van der Waals surface area contributed by atoms with Crippen LogP contribution in [0.25, 0.3) is 15.0 Å². The third-order valence-electron chi connectivity index (χ3n) is 7.65. The Labute approximate surface area is 194 Å². The number of aromatic carboxylic acids is 1. The Balaban J connectivity index is 1.24. The number of aliphatic imine (C=N–C) groups is 1. The molecule has 1 saturated carbocycles. The van der Waals surface area contributed by atoms with Crippen molar-refractivity contribution in [2.45, 2.75) is 19.1 Å². The number of aromatic nitrogens is 1. The lowest BCUT2D eigenvalue weighted by Crippen LogP contribution is -2.43. The summed E-state index contributed by atoms with van der Waals surface area (Å²) in [6.07, 6.45) is 4.13. The van der Waals surface area contributed by atoms with Crippen molar-refractivity contribution in [3.05, 3.63) is 45.6 Å². The molecular formula is C24H25N5O3S. The molecule has 7 rings (SSSR count). The van der Waals surface area contributed by atoms with Gasteiger partial charge in [-0.15, -0.1) is 11.3 Å². The predicted molar refractivity (Wildman–Crippen MR) is 129 cm³/mol. The number of thiazole rings is 1. The van der Waals surface area contributed by atoms with Gasteiger partial charge in [0.25, 0.3) is 0 Å². The number of benzene rings is 1. The van der Waals surface area contributed by atoms with E-state index in [-0.39, 0.29) is 11.9 Å². The molecule has 3 fully saturated rings. The molecule has 4 aliphatic rings. The van der Waals surface area contributed by atoms with Gasteiger partial charge in [0.2, 0.25) is 5.43 Å². The van der Waals surface area contributed by atoms with E-state index in [1.807, 2.05) is 28.7 Å². The average Bonchev–Trinajstić information content (AvgIpc) is 3.22. The molecule has 170 valence electrons. The minimum atomic E-state index is -1.20. The van der Waals surface area contributed by atoms with Gasteiger partial charge in [0, 0.05) is 38.9 Å². The number of carbonyl (C=O) groups is 1. The number of carboxylic acid groups (broad SMARTS) is 1. The number of para-hydroxylation sites is 1. The molecule has 33 heavy (non-hydrogen) atoms. The second kappa shape index (κ2) is 7.12. The molecule has 0 amide bonds. The first kappa shape index (κ1) is 19.7. The Bertz CT molecular complexity index is 1380. The van der Waals surface area contributed by atoms with E-state index in [9.17, 15) is 14.7 Å². The lowest BCUT2D eigenvalue weighted by molar-refractivity contribution is 0.0697. The van der Waals surface area contributed by atoms with Crippen LogP contribution in [0.15, 0.2) is 34.1 Å². The quantitative estimate of drug-likeness (QED) is 0.618. The van der Waals surface area contributed by atoms with Gasteiger partial charge in [-0.25, -0.2) is 4.79 Å². The lowest BCUT2D eigenvalue weighted by Gasteiger charge is -2.31. The van der Waals surface area contributed by atoms with Crippen molar-refractivity contribution in [1.29, 1.82) is 0 Å². The van der Waals surface area contributed by atoms with Crippen molar-refractivity contribution in [1.82, 2.24) is 14.2 Å². The number of carboxylic acids is 1. The van der Waals surface area contributed by atoms with Crippen LogP contribution in [0.5, 0.6) is 0 Å².